The Balaban J connectivity index is -0.000000853. The fourth-order valence-corrected chi connectivity index (χ4v) is 4.99. The van der Waals surface area contributed by atoms with Gasteiger partial charge in [0.2, 0.25) is 0 Å². The maximum atomic E-state index is 6.18. The number of hydrogen-bond donors (Lipinski definition) is 0. The van der Waals surface area contributed by atoms with Crippen molar-refractivity contribution in [2.45, 2.75) is 64.8 Å². The molecule has 0 aromatic rings. The zero-order chi connectivity index (χ0) is 12.2. The zero-order valence-electron chi connectivity index (χ0n) is 12.6. The van der Waals surface area contributed by atoms with Gasteiger partial charge in [0, 0.05) is 5.60 Å². The second-order valence-electron chi connectivity index (χ2n) is 6.14. The van der Waals surface area contributed by atoms with Crippen LogP contribution in [0.15, 0.2) is 17.7 Å². The third-order valence-electron chi connectivity index (χ3n) is 2.57. The second-order valence-corrected chi connectivity index (χ2v) is 10.4. The molecule has 0 spiro atoms. The van der Waals surface area contributed by atoms with E-state index in [-0.39, 0.29) is 52.1 Å². The second kappa shape index (κ2) is 10.6. The Bertz CT molecular complexity index is 296. The van der Waals surface area contributed by atoms with E-state index >= 15 is 0 Å². The van der Waals surface area contributed by atoms with Gasteiger partial charge in [-0.15, -0.1) is 6.42 Å². The summed E-state index contributed by atoms with van der Waals surface area (Å²) in [6.07, 6.45) is 11.2. The molecule has 0 saturated heterocycles. The van der Waals surface area contributed by atoms with Gasteiger partial charge in [0.05, 0.1) is 0 Å². The molecule has 5 heteroatoms. The average Bonchev–Trinajstić information content (AvgIpc) is 2.51. The molecule has 0 aromatic carbocycles. The van der Waals surface area contributed by atoms with E-state index in [1.165, 1.54) is 24.5 Å². The third-order valence-corrected chi connectivity index (χ3v) is 5.30. The van der Waals surface area contributed by atoms with Crippen LogP contribution in [0.25, 0.3) is 0 Å². The molecule has 1 nitrogen and oxygen atoms in total. The van der Waals surface area contributed by atoms with Crippen molar-refractivity contribution in [2.75, 3.05) is 0 Å². The van der Waals surface area contributed by atoms with Gasteiger partial charge in [0.25, 0.3) is 0 Å². The molecule has 0 aliphatic heterocycles. The number of halogens is 2. The van der Waals surface area contributed by atoms with E-state index in [4.69, 9.17) is 4.43 Å². The summed E-state index contributed by atoms with van der Waals surface area (Å²) in [5.74, 6) is 0. The largest absolute Gasteiger partial charge is 3.00 e. The van der Waals surface area contributed by atoms with Crippen molar-refractivity contribution in [3.05, 3.63) is 23.8 Å². The Morgan fingerprint density at radius 3 is 2.26 bits per heavy atom. The Morgan fingerprint density at radius 2 is 1.84 bits per heavy atom. The third kappa shape index (κ3) is 12.4. The van der Waals surface area contributed by atoms with Gasteiger partial charge in [-0.05, 0) is 39.9 Å². The van der Waals surface area contributed by atoms with Crippen molar-refractivity contribution in [1.82, 2.24) is 0 Å². The van der Waals surface area contributed by atoms with Gasteiger partial charge in [0.15, 0.2) is 8.32 Å². The van der Waals surface area contributed by atoms with E-state index in [1.54, 1.807) is 0 Å². The molecular weight excluding hydrogens is 331 g/mol. The molecule has 0 amide bonds. The maximum absolute atomic E-state index is 6.18. The van der Waals surface area contributed by atoms with Crippen LogP contribution in [-0.4, -0.2) is 13.9 Å². The van der Waals surface area contributed by atoms with Crippen LogP contribution in [0, 0.1) is 6.08 Å². The molecule has 1 radical (unpaired) electrons. The Hall–Kier alpha value is 0.951. The molecule has 1 aliphatic carbocycles. The SMILES string of the molecule is CC(C)(C)O[Si](C)(C)CCCC1=[C-]CC=C1.[Cl-].[Cl-].[Ti+3]. The summed E-state index contributed by atoms with van der Waals surface area (Å²) in [5, 5.41) is 0. The molecule has 0 fully saturated rings. The minimum absolute atomic E-state index is 0. The predicted octanol–water partition coefficient (Wildman–Crippen LogP) is -1.52. The summed E-state index contributed by atoms with van der Waals surface area (Å²) < 4.78 is 6.18. The smallest absolute Gasteiger partial charge is 1.00 e. The maximum Gasteiger partial charge on any atom is 3.00 e. The molecule has 0 heterocycles. The average molecular weight is 356 g/mol. The van der Waals surface area contributed by atoms with E-state index in [1.807, 2.05) is 0 Å². The van der Waals surface area contributed by atoms with Gasteiger partial charge in [-0.1, -0.05) is 12.8 Å². The van der Waals surface area contributed by atoms with Crippen molar-refractivity contribution in [3.8, 4) is 0 Å². The monoisotopic (exact) mass is 355 g/mol. The number of allylic oxidation sites excluding steroid dienone is 4. The van der Waals surface area contributed by atoms with Crippen LogP contribution in [-0.2, 0) is 26.1 Å². The van der Waals surface area contributed by atoms with Crippen molar-refractivity contribution in [3.63, 3.8) is 0 Å². The van der Waals surface area contributed by atoms with Crippen LogP contribution < -0.4 is 24.8 Å². The standard InChI is InChI=1S/C14H25OSi.2ClH.Ti/c1-14(2,3)15-16(4,5)12-8-11-13-9-6-7-10-13;;;/h6,9H,7-8,11-12H2,1-5H3;2*1H;/q-1;;;+3/p-2. The predicted molar refractivity (Wildman–Crippen MR) is 72.9 cm³/mol. The van der Waals surface area contributed by atoms with Gasteiger partial charge in [0.1, 0.15) is 0 Å². The molecule has 1 aliphatic rings. The minimum atomic E-state index is -1.48. The molecule has 0 aromatic heterocycles. The fourth-order valence-electron chi connectivity index (χ4n) is 2.21. The summed E-state index contributed by atoms with van der Waals surface area (Å²) in [7, 11) is -1.48. The Kier molecular flexibility index (Phi) is 14.0. The van der Waals surface area contributed by atoms with E-state index in [0.29, 0.717) is 0 Å². The minimum Gasteiger partial charge on any atom is -1.00 e. The molecule has 0 atom stereocenters. The van der Waals surface area contributed by atoms with Crippen LogP contribution in [0.1, 0.15) is 40.0 Å². The van der Waals surface area contributed by atoms with Crippen LogP contribution in [0.2, 0.25) is 19.1 Å². The van der Waals surface area contributed by atoms with Crippen molar-refractivity contribution in [2.24, 2.45) is 0 Å². The topological polar surface area (TPSA) is 9.23 Å². The summed E-state index contributed by atoms with van der Waals surface area (Å²) in [6.45, 7) is 11.1. The van der Waals surface area contributed by atoms with Crippen molar-refractivity contribution >= 4 is 8.32 Å². The summed E-state index contributed by atoms with van der Waals surface area (Å²) in [6, 6.07) is 1.24. The van der Waals surface area contributed by atoms with E-state index < -0.39 is 8.32 Å². The molecule has 0 N–H and O–H groups in total. The molecule has 0 bridgehead atoms. The van der Waals surface area contributed by atoms with Gasteiger partial charge in [-0.25, -0.2) is 11.6 Å². The first kappa shape index (κ1) is 24.9. The van der Waals surface area contributed by atoms with Gasteiger partial charge >= 0.3 is 21.7 Å². The van der Waals surface area contributed by atoms with E-state index in [9.17, 15) is 0 Å². The van der Waals surface area contributed by atoms with Crippen LogP contribution >= 0.6 is 0 Å². The van der Waals surface area contributed by atoms with Crippen LogP contribution in [0.5, 0.6) is 0 Å². The normalized spacial score (nSPS) is 14.1. The molecular formula is C14H25Cl2OSiTi. The van der Waals surface area contributed by atoms with Crippen LogP contribution in [0.4, 0.5) is 0 Å². The Morgan fingerprint density at radius 1 is 1.26 bits per heavy atom. The van der Waals surface area contributed by atoms with E-state index in [0.717, 1.165) is 6.42 Å². The van der Waals surface area contributed by atoms with Crippen LogP contribution in [0.3, 0.4) is 0 Å². The number of hydrogen-bond acceptors (Lipinski definition) is 1. The summed E-state index contributed by atoms with van der Waals surface area (Å²) in [4.78, 5) is 0. The van der Waals surface area contributed by atoms with E-state index in [2.05, 4.69) is 52.1 Å². The number of rotatable bonds is 5. The molecule has 0 saturated carbocycles. The molecule has 1 rings (SSSR count). The molecule has 19 heavy (non-hydrogen) atoms. The Labute approximate surface area is 147 Å². The quantitative estimate of drug-likeness (QED) is 0.430. The van der Waals surface area contributed by atoms with Crippen molar-refractivity contribution in [1.29, 1.82) is 0 Å². The summed E-state index contributed by atoms with van der Waals surface area (Å²) >= 11 is 0. The van der Waals surface area contributed by atoms with Gasteiger partial charge in [-0.2, -0.15) is 6.08 Å². The first-order valence-electron chi connectivity index (χ1n) is 6.25. The first-order valence-corrected chi connectivity index (χ1v) is 9.36. The molecule has 0 unspecified atom stereocenters. The van der Waals surface area contributed by atoms with Gasteiger partial charge < -0.3 is 29.2 Å². The fraction of sp³-hybridized carbons (Fsp3) is 0.714. The van der Waals surface area contributed by atoms with Gasteiger partial charge in [-0.3, -0.25) is 6.08 Å². The zero-order valence-corrected chi connectivity index (χ0v) is 16.7. The first-order chi connectivity index (χ1) is 7.29. The van der Waals surface area contributed by atoms with Crippen molar-refractivity contribution < 1.29 is 51.0 Å². The molecule has 109 valence electrons. The summed E-state index contributed by atoms with van der Waals surface area (Å²) in [5.41, 5.74) is 1.40.